The molecule has 0 atom stereocenters. The second-order valence-electron chi connectivity index (χ2n) is 1.65. The number of aromatic nitrogens is 2. The second kappa shape index (κ2) is 2.45. The lowest BCUT2D eigenvalue weighted by atomic mass is 10.4. The molecule has 0 aliphatic carbocycles. The van der Waals surface area contributed by atoms with Crippen LogP contribution in [0, 0.1) is 11.6 Å². The van der Waals surface area contributed by atoms with E-state index in [4.69, 9.17) is 23.8 Å². The van der Waals surface area contributed by atoms with Gasteiger partial charge in [0.1, 0.15) is 9.79 Å². The molecule has 48 valence electrons. The van der Waals surface area contributed by atoms with Crippen molar-refractivity contribution in [1.29, 1.82) is 0 Å². The highest BCUT2D eigenvalue weighted by molar-refractivity contribution is 7.71. The van der Waals surface area contributed by atoms with E-state index in [0.717, 1.165) is 5.56 Å². The summed E-state index contributed by atoms with van der Waals surface area (Å²) in [6.07, 6.45) is 1.48. The number of nitrogens with one attached hydrogen (secondary N) is 1. The van der Waals surface area contributed by atoms with Crippen molar-refractivity contribution in [1.82, 2.24) is 9.97 Å². The standard InChI is InChI=1S/C5H5ClN2S/c1-3-4(6)7-2-8-5(3)9/h2H,1H3,(H,7,8,9). The molecular formula is C5H5ClN2S. The van der Waals surface area contributed by atoms with Crippen molar-refractivity contribution in [3.63, 3.8) is 0 Å². The van der Waals surface area contributed by atoms with E-state index in [-0.39, 0.29) is 0 Å². The van der Waals surface area contributed by atoms with E-state index < -0.39 is 0 Å². The highest BCUT2D eigenvalue weighted by Gasteiger charge is 1.93. The lowest BCUT2D eigenvalue weighted by molar-refractivity contribution is 1.11. The van der Waals surface area contributed by atoms with E-state index in [1.165, 1.54) is 6.33 Å². The number of H-pyrrole nitrogens is 1. The summed E-state index contributed by atoms with van der Waals surface area (Å²) in [7, 11) is 0. The van der Waals surface area contributed by atoms with Gasteiger partial charge in [-0.2, -0.15) is 0 Å². The van der Waals surface area contributed by atoms with Gasteiger partial charge in [0.15, 0.2) is 0 Å². The number of aromatic amines is 1. The lowest BCUT2D eigenvalue weighted by Crippen LogP contribution is -1.84. The van der Waals surface area contributed by atoms with Crippen molar-refractivity contribution in [3.05, 3.63) is 21.7 Å². The van der Waals surface area contributed by atoms with Crippen LogP contribution in [0.1, 0.15) is 5.56 Å². The minimum absolute atomic E-state index is 0.554. The summed E-state index contributed by atoms with van der Waals surface area (Å²) >= 11 is 10.5. The third kappa shape index (κ3) is 1.28. The first-order valence-electron chi connectivity index (χ1n) is 2.41. The topological polar surface area (TPSA) is 28.7 Å². The van der Waals surface area contributed by atoms with Gasteiger partial charge in [0.05, 0.1) is 6.33 Å². The van der Waals surface area contributed by atoms with Gasteiger partial charge < -0.3 is 4.98 Å². The van der Waals surface area contributed by atoms with E-state index in [2.05, 4.69) is 9.97 Å². The van der Waals surface area contributed by atoms with Crippen molar-refractivity contribution in [3.8, 4) is 0 Å². The molecule has 1 N–H and O–H groups in total. The fraction of sp³-hybridized carbons (Fsp3) is 0.200. The molecule has 0 amide bonds. The first-order chi connectivity index (χ1) is 4.22. The van der Waals surface area contributed by atoms with Gasteiger partial charge in [0.2, 0.25) is 0 Å². The molecule has 1 rings (SSSR count). The van der Waals surface area contributed by atoms with E-state index in [1.54, 1.807) is 0 Å². The average molecular weight is 161 g/mol. The van der Waals surface area contributed by atoms with Crippen LogP contribution >= 0.6 is 23.8 Å². The molecule has 2 nitrogen and oxygen atoms in total. The van der Waals surface area contributed by atoms with Gasteiger partial charge in [-0.25, -0.2) is 4.98 Å². The molecule has 0 aliphatic heterocycles. The van der Waals surface area contributed by atoms with Crippen LogP contribution in [0.3, 0.4) is 0 Å². The molecule has 0 bridgehead atoms. The third-order valence-corrected chi connectivity index (χ3v) is 1.83. The summed E-state index contributed by atoms with van der Waals surface area (Å²) in [5, 5.41) is 0.565. The number of rotatable bonds is 0. The molecule has 4 heteroatoms. The quantitative estimate of drug-likeness (QED) is 0.465. The summed E-state index contributed by atoms with van der Waals surface area (Å²) in [5.74, 6) is 0. The maximum Gasteiger partial charge on any atom is 0.133 e. The first-order valence-corrected chi connectivity index (χ1v) is 3.20. The minimum atomic E-state index is 0.554. The van der Waals surface area contributed by atoms with Crippen LogP contribution in [0.4, 0.5) is 0 Å². The minimum Gasteiger partial charge on any atom is -0.337 e. The van der Waals surface area contributed by atoms with Crippen LogP contribution in [0.5, 0.6) is 0 Å². The second-order valence-corrected chi connectivity index (χ2v) is 2.41. The Balaban J connectivity index is 3.43. The normalized spacial score (nSPS) is 9.56. The predicted octanol–water partition coefficient (Wildman–Crippen LogP) is 2.10. The summed E-state index contributed by atoms with van der Waals surface area (Å²) in [4.78, 5) is 6.54. The Morgan fingerprint density at radius 1 is 1.78 bits per heavy atom. The molecule has 9 heavy (non-hydrogen) atoms. The zero-order chi connectivity index (χ0) is 6.85. The van der Waals surface area contributed by atoms with Gasteiger partial charge >= 0.3 is 0 Å². The van der Waals surface area contributed by atoms with E-state index in [9.17, 15) is 0 Å². The number of nitrogens with zero attached hydrogens (tertiary/aromatic N) is 1. The molecule has 0 fully saturated rings. The molecular weight excluding hydrogens is 156 g/mol. The van der Waals surface area contributed by atoms with Crippen LogP contribution < -0.4 is 0 Å². The van der Waals surface area contributed by atoms with Crippen molar-refractivity contribution in [2.24, 2.45) is 0 Å². The summed E-state index contributed by atoms with van der Waals surface area (Å²) in [5.41, 5.74) is 0.828. The molecule has 0 unspecified atom stereocenters. The number of hydrogen-bond acceptors (Lipinski definition) is 2. The smallest absolute Gasteiger partial charge is 0.133 e. The van der Waals surface area contributed by atoms with Crippen LogP contribution in [-0.4, -0.2) is 9.97 Å². The molecule has 0 aromatic carbocycles. The van der Waals surface area contributed by atoms with E-state index >= 15 is 0 Å². The monoisotopic (exact) mass is 160 g/mol. The Bertz CT molecular complexity index is 268. The Morgan fingerprint density at radius 3 is 2.89 bits per heavy atom. The van der Waals surface area contributed by atoms with Crippen molar-refractivity contribution in [2.45, 2.75) is 6.92 Å². The maximum absolute atomic E-state index is 5.65. The van der Waals surface area contributed by atoms with Gasteiger partial charge in [0.25, 0.3) is 0 Å². The fourth-order valence-electron chi connectivity index (χ4n) is 0.447. The van der Waals surface area contributed by atoms with Gasteiger partial charge in [-0.3, -0.25) is 0 Å². The average Bonchev–Trinajstić information content (AvgIpc) is 1.83. The van der Waals surface area contributed by atoms with Crippen LogP contribution in [0.25, 0.3) is 0 Å². The largest absolute Gasteiger partial charge is 0.337 e. The Morgan fingerprint density at radius 2 is 2.44 bits per heavy atom. The van der Waals surface area contributed by atoms with Crippen molar-refractivity contribution < 1.29 is 0 Å². The van der Waals surface area contributed by atoms with Gasteiger partial charge in [-0.15, -0.1) is 0 Å². The maximum atomic E-state index is 5.65. The van der Waals surface area contributed by atoms with Crippen LogP contribution in [-0.2, 0) is 0 Å². The fourth-order valence-corrected chi connectivity index (χ4v) is 0.796. The summed E-state index contributed by atoms with van der Waals surface area (Å²) in [6.45, 7) is 1.83. The molecule has 1 aromatic heterocycles. The molecule has 1 heterocycles. The zero-order valence-electron chi connectivity index (χ0n) is 4.81. The number of halogens is 1. The Kier molecular flexibility index (Phi) is 1.83. The van der Waals surface area contributed by atoms with Crippen LogP contribution in [0.2, 0.25) is 5.15 Å². The highest BCUT2D eigenvalue weighted by atomic mass is 35.5. The van der Waals surface area contributed by atoms with Gasteiger partial charge in [0, 0.05) is 5.56 Å². The van der Waals surface area contributed by atoms with Crippen molar-refractivity contribution in [2.75, 3.05) is 0 Å². The van der Waals surface area contributed by atoms with Crippen LogP contribution in [0.15, 0.2) is 6.33 Å². The van der Waals surface area contributed by atoms with E-state index in [1.807, 2.05) is 6.92 Å². The molecule has 0 spiro atoms. The van der Waals surface area contributed by atoms with Gasteiger partial charge in [-0.05, 0) is 6.92 Å². The lowest BCUT2D eigenvalue weighted by Gasteiger charge is -1.92. The molecule has 0 radical (unpaired) electrons. The molecule has 1 aromatic rings. The first kappa shape index (κ1) is 6.71. The predicted molar refractivity (Wildman–Crippen MR) is 39.2 cm³/mol. The highest BCUT2D eigenvalue weighted by Crippen LogP contribution is 2.08. The molecule has 0 saturated heterocycles. The Hall–Kier alpha value is -0.410. The number of hydrogen-bond donors (Lipinski definition) is 1. The van der Waals surface area contributed by atoms with Crippen molar-refractivity contribution >= 4 is 23.8 Å². The zero-order valence-corrected chi connectivity index (χ0v) is 6.38. The Labute approximate surface area is 62.9 Å². The summed E-state index contributed by atoms with van der Waals surface area (Å²) in [6, 6.07) is 0. The van der Waals surface area contributed by atoms with Gasteiger partial charge in [-0.1, -0.05) is 23.8 Å². The summed E-state index contributed by atoms with van der Waals surface area (Å²) < 4.78 is 0.554. The third-order valence-electron chi connectivity index (χ3n) is 1.02. The molecule has 0 aliphatic rings. The molecule has 0 saturated carbocycles. The van der Waals surface area contributed by atoms with E-state index in [0.29, 0.717) is 9.79 Å². The SMILES string of the molecule is Cc1c(Cl)[nH]cnc1=S.